The van der Waals surface area contributed by atoms with Gasteiger partial charge in [0.2, 0.25) is 5.91 Å². The van der Waals surface area contributed by atoms with Crippen LogP contribution in [0.1, 0.15) is 10.6 Å². The Bertz CT molecular complexity index is 835. The summed E-state index contributed by atoms with van der Waals surface area (Å²) in [5.74, 6) is 0.468. The number of thiophene rings is 1. The average molecular weight is 326 g/mol. The Morgan fingerprint density at radius 3 is 2.65 bits per heavy atom. The molecule has 3 rings (SSSR count). The molecule has 2 heterocycles. The van der Waals surface area contributed by atoms with Gasteiger partial charge in [0.1, 0.15) is 17.3 Å². The molecule has 2 aromatic heterocycles. The number of aliphatic imine (C=N–C) groups is 1. The van der Waals surface area contributed by atoms with Crippen molar-refractivity contribution < 1.29 is 9.32 Å². The molecule has 0 aliphatic carbocycles. The van der Waals surface area contributed by atoms with Gasteiger partial charge in [-0.25, -0.2) is 4.99 Å². The number of carbonyl (C=O) groups is 1. The molecule has 0 radical (unpaired) electrons. The Morgan fingerprint density at radius 2 is 2.00 bits per heavy atom. The topological polar surface area (TPSA) is 108 Å². The van der Waals surface area contributed by atoms with E-state index in [0.29, 0.717) is 17.3 Å². The van der Waals surface area contributed by atoms with Gasteiger partial charge in [0.25, 0.3) is 0 Å². The zero-order chi connectivity index (χ0) is 16.2. The molecule has 0 aliphatic heterocycles. The monoisotopic (exact) mass is 326 g/mol. The van der Waals surface area contributed by atoms with Gasteiger partial charge < -0.3 is 16.0 Å². The van der Waals surface area contributed by atoms with Crippen molar-refractivity contribution in [2.75, 3.05) is 0 Å². The second-order valence-electron chi connectivity index (χ2n) is 4.84. The highest BCUT2D eigenvalue weighted by Crippen LogP contribution is 2.23. The number of aromatic nitrogens is 1. The lowest BCUT2D eigenvalue weighted by Gasteiger charge is -1.99. The van der Waals surface area contributed by atoms with Gasteiger partial charge in [-0.2, -0.15) is 0 Å². The van der Waals surface area contributed by atoms with Gasteiger partial charge in [0.05, 0.1) is 17.0 Å². The highest BCUT2D eigenvalue weighted by molar-refractivity contribution is 7.12. The smallest absolute Gasteiger partial charge is 0.225 e. The molecule has 1 aromatic carbocycles. The Hall–Kier alpha value is -2.93. The first-order valence-corrected chi connectivity index (χ1v) is 7.72. The van der Waals surface area contributed by atoms with Crippen LogP contribution in [0.2, 0.25) is 0 Å². The van der Waals surface area contributed by atoms with Gasteiger partial charge in [-0.3, -0.25) is 4.79 Å². The summed E-state index contributed by atoms with van der Waals surface area (Å²) in [6.45, 7) is 0. The third-order valence-electron chi connectivity index (χ3n) is 3.09. The van der Waals surface area contributed by atoms with Crippen LogP contribution in [0.5, 0.6) is 0 Å². The Labute approximate surface area is 136 Å². The summed E-state index contributed by atoms with van der Waals surface area (Å²) in [7, 11) is 0. The molecule has 1 amide bonds. The molecule has 0 aliphatic rings. The number of hydrogen-bond donors (Lipinski definition) is 2. The number of amidine groups is 1. The number of amides is 1. The molecule has 0 unspecified atom stereocenters. The number of nitrogens with zero attached hydrogens (tertiary/aromatic N) is 2. The Kier molecular flexibility index (Phi) is 4.20. The van der Waals surface area contributed by atoms with Crippen LogP contribution in [0, 0.1) is 0 Å². The summed E-state index contributed by atoms with van der Waals surface area (Å²) >= 11 is 1.54. The van der Waals surface area contributed by atoms with E-state index in [9.17, 15) is 4.79 Å². The van der Waals surface area contributed by atoms with Crippen LogP contribution in [0.15, 0.2) is 57.4 Å². The molecule has 23 heavy (non-hydrogen) atoms. The Balaban J connectivity index is 1.78. The summed E-state index contributed by atoms with van der Waals surface area (Å²) in [6, 6.07) is 13.0. The second kappa shape index (κ2) is 6.45. The third-order valence-corrected chi connectivity index (χ3v) is 3.99. The first kappa shape index (κ1) is 15.0. The molecule has 0 saturated carbocycles. The molecule has 3 aromatic rings. The first-order chi connectivity index (χ1) is 11.1. The molecule has 4 N–H and O–H groups in total. The van der Waals surface area contributed by atoms with Crippen LogP contribution in [0.4, 0.5) is 5.69 Å². The first-order valence-electron chi connectivity index (χ1n) is 6.84. The van der Waals surface area contributed by atoms with Crippen molar-refractivity contribution in [2.45, 2.75) is 6.42 Å². The molecule has 0 saturated heterocycles. The SMILES string of the molecule is NC(=O)Cc1cc(-c2ccc(N=C(N)c3cccs3)cc2)no1. The van der Waals surface area contributed by atoms with Crippen molar-refractivity contribution in [3.8, 4) is 11.3 Å². The third kappa shape index (κ3) is 3.64. The number of carbonyl (C=O) groups excluding carboxylic acids is 1. The van der Waals surface area contributed by atoms with E-state index >= 15 is 0 Å². The highest BCUT2D eigenvalue weighted by Gasteiger charge is 2.09. The maximum absolute atomic E-state index is 10.9. The summed E-state index contributed by atoms with van der Waals surface area (Å²) in [5.41, 5.74) is 13.3. The minimum Gasteiger partial charge on any atom is -0.383 e. The van der Waals surface area contributed by atoms with Crippen molar-refractivity contribution in [3.63, 3.8) is 0 Å². The standard InChI is InChI=1S/C16H14N4O2S/c17-15(21)9-12-8-13(20-22-12)10-3-5-11(6-4-10)19-16(18)14-2-1-7-23-14/h1-8H,9H2,(H2,17,21)(H2,18,19). The highest BCUT2D eigenvalue weighted by atomic mass is 32.1. The molecule has 116 valence electrons. The molecule has 0 bridgehead atoms. The number of primary amides is 1. The number of nitrogens with two attached hydrogens (primary N) is 2. The lowest BCUT2D eigenvalue weighted by atomic mass is 10.1. The predicted octanol–water partition coefficient (Wildman–Crippen LogP) is 2.47. The van der Waals surface area contributed by atoms with E-state index in [0.717, 1.165) is 16.1 Å². The van der Waals surface area contributed by atoms with Crippen LogP contribution in [0.25, 0.3) is 11.3 Å². The zero-order valence-corrected chi connectivity index (χ0v) is 12.9. The zero-order valence-electron chi connectivity index (χ0n) is 12.1. The Morgan fingerprint density at radius 1 is 1.22 bits per heavy atom. The van der Waals surface area contributed by atoms with Crippen LogP contribution >= 0.6 is 11.3 Å². The van der Waals surface area contributed by atoms with E-state index in [1.165, 1.54) is 0 Å². The molecule has 7 heteroatoms. The number of benzene rings is 1. The van der Waals surface area contributed by atoms with Gasteiger partial charge in [-0.15, -0.1) is 11.3 Å². The largest absolute Gasteiger partial charge is 0.383 e. The van der Waals surface area contributed by atoms with Crippen molar-refractivity contribution in [2.24, 2.45) is 16.5 Å². The van der Waals surface area contributed by atoms with Crippen LogP contribution in [-0.2, 0) is 11.2 Å². The summed E-state index contributed by atoms with van der Waals surface area (Å²) in [5, 5.41) is 5.88. The van der Waals surface area contributed by atoms with E-state index in [1.54, 1.807) is 17.4 Å². The molecule has 6 nitrogen and oxygen atoms in total. The van der Waals surface area contributed by atoms with E-state index in [2.05, 4.69) is 10.1 Å². The van der Waals surface area contributed by atoms with Gasteiger partial charge in [-0.05, 0) is 23.6 Å². The van der Waals surface area contributed by atoms with Crippen LogP contribution in [-0.4, -0.2) is 16.9 Å². The van der Waals surface area contributed by atoms with E-state index < -0.39 is 5.91 Å². The maximum atomic E-state index is 10.9. The van der Waals surface area contributed by atoms with Gasteiger partial charge in [-0.1, -0.05) is 23.4 Å². The van der Waals surface area contributed by atoms with Crippen molar-refractivity contribution in [1.82, 2.24) is 5.16 Å². The minimum absolute atomic E-state index is 0.0344. The van der Waals surface area contributed by atoms with Gasteiger partial charge >= 0.3 is 0 Å². The predicted molar refractivity (Wildman–Crippen MR) is 89.5 cm³/mol. The van der Waals surface area contributed by atoms with Crippen molar-refractivity contribution in [3.05, 3.63) is 58.5 Å². The lowest BCUT2D eigenvalue weighted by Crippen LogP contribution is -2.12. The van der Waals surface area contributed by atoms with Crippen LogP contribution in [0.3, 0.4) is 0 Å². The molecule has 0 spiro atoms. The average Bonchev–Trinajstić information content (AvgIpc) is 3.19. The molecular weight excluding hydrogens is 312 g/mol. The summed E-state index contributed by atoms with van der Waals surface area (Å²) in [6.07, 6.45) is 0.0344. The fourth-order valence-corrected chi connectivity index (χ4v) is 2.66. The van der Waals surface area contributed by atoms with E-state index in [4.69, 9.17) is 16.0 Å². The van der Waals surface area contributed by atoms with Crippen molar-refractivity contribution in [1.29, 1.82) is 0 Å². The quantitative estimate of drug-likeness (QED) is 0.554. The van der Waals surface area contributed by atoms with E-state index in [1.807, 2.05) is 41.8 Å². The normalized spacial score (nSPS) is 11.6. The fourth-order valence-electron chi connectivity index (χ4n) is 2.03. The van der Waals surface area contributed by atoms with E-state index in [-0.39, 0.29) is 6.42 Å². The number of hydrogen-bond acceptors (Lipinski definition) is 5. The second-order valence-corrected chi connectivity index (χ2v) is 5.79. The fraction of sp³-hybridized carbons (Fsp3) is 0.0625. The van der Waals surface area contributed by atoms with Crippen LogP contribution < -0.4 is 11.5 Å². The molecule has 0 fully saturated rings. The lowest BCUT2D eigenvalue weighted by molar-refractivity contribution is -0.117. The van der Waals surface area contributed by atoms with Crippen molar-refractivity contribution >= 4 is 28.8 Å². The summed E-state index contributed by atoms with van der Waals surface area (Å²) < 4.78 is 5.08. The minimum atomic E-state index is -0.457. The summed E-state index contributed by atoms with van der Waals surface area (Å²) in [4.78, 5) is 16.2. The van der Waals surface area contributed by atoms with Gasteiger partial charge in [0, 0.05) is 11.6 Å². The molecule has 0 atom stereocenters. The maximum Gasteiger partial charge on any atom is 0.225 e. The number of rotatable bonds is 5. The molecular formula is C16H14N4O2S. The van der Waals surface area contributed by atoms with Gasteiger partial charge in [0.15, 0.2) is 0 Å².